The van der Waals surface area contributed by atoms with Gasteiger partial charge in [0.15, 0.2) is 0 Å². The maximum atomic E-state index is 5.86. The summed E-state index contributed by atoms with van der Waals surface area (Å²) in [4.78, 5) is 2.32. The average molecular weight is 170 g/mol. The van der Waals surface area contributed by atoms with Gasteiger partial charge in [0, 0.05) is 12.1 Å². The summed E-state index contributed by atoms with van der Waals surface area (Å²) in [6.45, 7) is 3.15. The van der Waals surface area contributed by atoms with Crippen molar-refractivity contribution in [3.63, 3.8) is 0 Å². The Bertz CT molecular complexity index is 145. The van der Waals surface area contributed by atoms with Gasteiger partial charge >= 0.3 is 0 Å². The van der Waals surface area contributed by atoms with Gasteiger partial charge < -0.3 is 10.6 Å². The summed E-state index contributed by atoms with van der Waals surface area (Å²) in [6, 6.07) is 0. The van der Waals surface area contributed by atoms with Crippen molar-refractivity contribution in [2.45, 2.75) is 38.1 Å². The van der Waals surface area contributed by atoms with Crippen LogP contribution in [-0.2, 0) is 0 Å². The zero-order valence-corrected chi connectivity index (χ0v) is 8.64. The average Bonchev–Trinajstić information content (AvgIpc) is 2.04. The van der Waals surface area contributed by atoms with Gasteiger partial charge in [-0.05, 0) is 32.9 Å². The fraction of sp³-hybridized carbons (Fsp3) is 1.00. The molecule has 0 aromatic heterocycles. The fourth-order valence-corrected chi connectivity index (χ4v) is 2.41. The molecule has 72 valence electrons. The van der Waals surface area contributed by atoms with Gasteiger partial charge in [-0.15, -0.1) is 0 Å². The molecule has 0 aromatic rings. The molecule has 0 aliphatic heterocycles. The Hall–Kier alpha value is -0.0800. The third-order valence-electron chi connectivity index (χ3n) is 3.40. The first-order valence-electron chi connectivity index (χ1n) is 4.98. The summed E-state index contributed by atoms with van der Waals surface area (Å²) in [5.41, 5.74) is 6.16. The van der Waals surface area contributed by atoms with Crippen LogP contribution in [0.4, 0.5) is 0 Å². The Balaban J connectivity index is 2.64. The molecule has 2 N–H and O–H groups in total. The van der Waals surface area contributed by atoms with Gasteiger partial charge in [0.05, 0.1) is 0 Å². The number of hydrogen-bond acceptors (Lipinski definition) is 2. The van der Waals surface area contributed by atoms with Gasteiger partial charge in [-0.3, -0.25) is 0 Å². The molecule has 0 amide bonds. The van der Waals surface area contributed by atoms with Crippen LogP contribution in [0.2, 0.25) is 0 Å². The number of rotatable bonds is 2. The Morgan fingerprint density at radius 2 is 2.17 bits per heavy atom. The van der Waals surface area contributed by atoms with Gasteiger partial charge in [-0.25, -0.2) is 0 Å². The standard InChI is InChI=1S/C10H22N2/c1-9-5-4-6-10(7-9,8-11)12(2)3/h9H,4-8,11H2,1-3H3/t9-,10-/m0/s1. The second kappa shape index (κ2) is 3.75. The molecule has 0 aromatic carbocycles. The van der Waals surface area contributed by atoms with Crippen LogP contribution in [0.3, 0.4) is 0 Å². The molecule has 2 heteroatoms. The first-order chi connectivity index (χ1) is 5.60. The number of nitrogens with two attached hydrogens (primary N) is 1. The SMILES string of the molecule is C[C@H]1CCC[C@](CN)(N(C)C)C1. The van der Waals surface area contributed by atoms with Crippen LogP contribution >= 0.6 is 0 Å². The Kier molecular flexibility index (Phi) is 3.13. The van der Waals surface area contributed by atoms with Crippen LogP contribution < -0.4 is 5.73 Å². The minimum atomic E-state index is 0.303. The van der Waals surface area contributed by atoms with E-state index in [1.807, 2.05) is 0 Å². The van der Waals surface area contributed by atoms with Crippen molar-refractivity contribution in [2.75, 3.05) is 20.6 Å². The highest BCUT2D eigenvalue weighted by Crippen LogP contribution is 2.34. The van der Waals surface area contributed by atoms with E-state index in [0.29, 0.717) is 5.54 Å². The van der Waals surface area contributed by atoms with Gasteiger partial charge in [0.2, 0.25) is 0 Å². The van der Waals surface area contributed by atoms with E-state index < -0.39 is 0 Å². The maximum Gasteiger partial charge on any atom is 0.0328 e. The van der Waals surface area contributed by atoms with E-state index in [1.54, 1.807) is 0 Å². The quantitative estimate of drug-likeness (QED) is 0.680. The Labute approximate surface area is 76.1 Å². The molecule has 2 nitrogen and oxygen atoms in total. The molecule has 1 rings (SSSR count). The molecule has 0 spiro atoms. The molecule has 1 fully saturated rings. The van der Waals surface area contributed by atoms with E-state index in [4.69, 9.17) is 5.73 Å². The van der Waals surface area contributed by atoms with Gasteiger partial charge in [-0.1, -0.05) is 19.8 Å². The zero-order valence-electron chi connectivity index (χ0n) is 8.64. The lowest BCUT2D eigenvalue weighted by Gasteiger charge is -2.44. The van der Waals surface area contributed by atoms with E-state index in [-0.39, 0.29) is 0 Å². The second-order valence-electron chi connectivity index (χ2n) is 4.52. The monoisotopic (exact) mass is 170 g/mol. The van der Waals surface area contributed by atoms with E-state index in [0.717, 1.165) is 12.5 Å². The summed E-state index contributed by atoms with van der Waals surface area (Å²) in [5, 5.41) is 0. The van der Waals surface area contributed by atoms with Crippen LogP contribution in [0, 0.1) is 5.92 Å². The topological polar surface area (TPSA) is 29.3 Å². The lowest BCUT2D eigenvalue weighted by atomic mass is 9.75. The third kappa shape index (κ3) is 1.80. The van der Waals surface area contributed by atoms with Crippen molar-refractivity contribution in [3.8, 4) is 0 Å². The normalized spacial score (nSPS) is 37.2. The van der Waals surface area contributed by atoms with Crippen molar-refractivity contribution in [1.82, 2.24) is 4.90 Å². The zero-order chi connectivity index (χ0) is 9.19. The molecule has 0 bridgehead atoms. The molecule has 1 aliphatic carbocycles. The predicted molar refractivity (Wildman–Crippen MR) is 53.1 cm³/mol. The lowest BCUT2D eigenvalue weighted by molar-refractivity contribution is 0.0841. The second-order valence-corrected chi connectivity index (χ2v) is 4.52. The van der Waals surface area contributed by atoms with Crippen LogP contribution in [0.1, 0.15) is 32.6 Å². The van der Waals surface area contributed by atoms with Crippen LogP contribution in [0.15, 0.2) is 0 Å². The summed E-state index contributed by atoms with van der Waals surface area (Å²) in [5.74, 6) is 0.852. The highest BCUT2D eigenvalue weighted by molar-refractivity contribution is 4.93. The maximum absolute atomic E-state index is 5.86. The molecule has 0 heterocycles. The fourth-order valence-electron chi connectivity index (χ4n) is 2.41. The van der Waals surface area contributed by atoms with Crippen LogP contribution in [0.25, 0.3) is 0 Å². The molecule has 1 saturated carbocycles. The van der Waals surface area contributed by atoms with Gasteiger partial charge in [-0.2, -0.15) is 0 Å². The van der Waals surface area contributed by atoms with E-state index in [9.17, 15) is 0 Å². The number of hydrogen-bond donors (Lipinski definition) is 1. The molecule has 1 aliphatic rings. The molecule has 12 heavy (non-hydrogen) atoms. The predicted octanol–water partition coefficient (Wildman–Crippen LogP) is 1.46. The first kappa shape index (κ1) is 10.0. The third-order valence-corrected chi connectivity index (χ3v) is 3.40. The summed E-state index contributed by atoms with van der Waals surface area (Å²) < 4.78 is 0. The van der Waals surface area contributed by atoms with Crippen molar-refractivity contribution in [2.24, 2.45) is 11.7 Å². The minimum Gasteiger partial charge on any atom is -0.329 e. The number of nitrogens with zero attached hydrogens (tertiary/aromatic N) is 1. The Morgan fingerprint density at radius 1 is 1.50 bits per heavy atom. The number of likely N-dealkylation sites (N-methyl/N-ethyl adjacent to an activating group) is 1. The smallest absolute Gasteiger partial charge is 0.0328 e. The summed E-state index contributed by atoms with van der Waals surface area (Å²) in [7, 11) is 4.32. The minimum absolute atomic E-state index is 0.303. The lowest BCUT2D eigenvalue weighted by Crippen LogP contribution is -2.52. The van der Waals surface area contributed by atoms with E-state index in [2.05, 4.69) is 25.9 Å². The summed E-state index contributed by atoms with van der Waals surface area (Å²) in [6.07, 6.45) is 5.28. The van der Waals surface area contributed by atoms with Crippen molar-refractivity contribution in [3.05, 3.63) is 0 Å². The van der Waals surface area contributed by atoms with Crippen molar-refractivity contribution >= 4 is 0 Å². The molecular formula is C10H22N2. The van der Waals surface area contributed by atoms with Gasteiger partial charge in [0.25, 0.3) is 0 Å². The highest BCUT2D eigenvalue weighted by Gasteiger charge is 2.35. The van der Waals surface area contributed by atoms with Crippen molar-refractivity contribution in [1.29, 1.82) is 0 Å². The molecule has 2 atom stereocenters. The van der Waals surface area contributed by atoms with E-state index >= 15 is 0 Å². The Morgan fingerprint density at radius 3 is 2.50 bits per heavy atom. The molecule has 0 radical (unpaired) electrons. The van der Waals surface area contributed by atoms with Crippen molar-refractivity contribution < 1.29 is 0 Å². The van der Waals surface area contributed by atoms with E-state index in [1.165, 1.54) is 25.7 Å². The van der Waals surface area contributed by atoms with Crippen LogP contribution in [-0.4, -0.2) is 31.1 Å². The molecular weight excluding hydrogens is 148 g/mol. The molecule has 0 saturated heterocycles. The molecule has 0 unspecified atom stereocenters. The highest BCUT2D eigenvalue weighted by atomic mass is 15.2. The van der Waals surface area contributed by atoms with Crippen LogP contribution in [0.5, 0.6) is 0 Å². The largest absolute Gasteiger partial charge is 0.329 e. The summed E-state index contributed by atoms with van der Waals surface area (Å²) >= 11 is 0. The van der Waals surface area contributed by atoms with Gasteiger partial charge in [0.1, 0.15) is 0 Å². The first-order valence-corrected chi connectivity index (χ1v) is 4.98.